The van der Waals surface area contributed by atoms with Gasteiger partial charge < -0.3 is 5.32 Å². The van der Waals surface area contributed by atoms with Crippen molar-refractivity contribution < 1.29 is 0 Å². The smallest absolute Gasteiger partial charge is 0.130 e. The minimum atomic E-state index is 0.358. The van der Waals surface area contributed by atoms with Crippen molar-refractivity contribution in [2.45, 2.75) is 19.4 Å². The van der Waals surface area contributed by atoms with Gasteiger partial charge in [0.25, 0.3) is 0 Å². The first-order valence-electron chi connectivity index (χ1n) is 4.99. The lowest BCUT2D eigenvalue weighted by molar-refractivity contribution is 0.785. The number of halogens is 1. The fourth-order valence-electron chi connectivity index (χ4n) is 1.48. The summed E-state index contributed by atoms with van der Waals surface area (Å²) in [5.41, 5.74) is 1.36. The molecule has 0 saturated carbocycles. The molecule has 0 spiro atoms. The minimum Gasteiger partial charge on any atom is -0.367 e. The molecular weight excluding hydrogens is 286 g/mol. The number of nitrogens with one attached hydrogen (secondary N) is 1. The Balaban J connectivity index is 1.94. The zero-order chi connectivity index (χ0) is 11.4. The fourth-order valence-corrected chi connectivity index (χ4v) is 2.47. The summed E-state index contributed by atoms with van der Waals surface area (Å²) in [4.78, 5) is 8.15. The van der Waals surface area contributed by atoms with Gasteiger partial charge in [-0.15, -0.1) is 0 Å². The van der Waals surface area contributed by atoms with Crippen LogP contribution in [0.2, 0.25) is 0 Å². The van der Waals surface area contributed by atoms with Gasteiger partial charge >= 0.3 is 0 Å². The maximum atomic E-state index is 4.16. The maximum absolute atomic E-state index is 4.16. The predicted octanol–water partition coefficient (Wildman–Crippen LogP) is 3.34. The molecule has 16 heavy (non-hydrogen) atoms. The second-order valence-corrected chi connectivity index (χ2v) is 5.20. The van der Waals surface area contributed by atoms with Crippen LogP contribution < -0.4 is 5.32 Å². The van der Waals surface area contributed by atoms with Crippen molar-refractivity contribution >= 4 is 33.1 Å². The van der Waals surface area contributed by atoms with E-state index in [0.29, 0.717) is 6.04 Å². The lowest BCUT2D eigenvalue weighted by Gasteiger charge is -2.13. The third kappa shape index (κ3) is 3.28. The van der Waals surface area contributed by atoms with Gasteiger partial charge in [0, 0.05) is 12.1 Å². The molecule has 0 radical (unpaired) electrons. The Morgan fingerprint density at radius 2 is 2.38 bits per heavy atom. The summed E-state index contributed by atoms with van der Waals surface area (Å²) in [5.74, 6) is 0.851. The molecule has 2 rings (SSSR count). The summed E-state index contributed by atoms with van der Waals surface area (Å²) < 4.78 is 0.799. The molecule has 1 N–H and O–H groups in total. The van der Waals surface area contributed by atoms with Crippen LogP contribution in [0.25, 0.3) is 0 Å². The molecule has 84 valence electrons. The van der Waals surface area contributed by atoms with Crippen molar-refractivity contribution in [3.63, 3.8) is 0 Å². The van der Waals surface area contributed by atoms with Crippen LogP contribution in [0.4, 0.5) is 5.82 Å². The number of rotatable bonds is 4. The molecule has 0 aliphatic rings. The number of thiophene rings is 1. The molecule has 2 heterocycles. The van der Waals surface area contributed by atoms with E-state index in [1.54, 1.807) is 17.7 Å². The molecule has 2 aromatic heterocycles. The molecule has 0 saturated heterocycles. The van der Waals surface area contributed by atoms with E-state index in [9.17, 15) is 0 Å². The van der Waals surface area contributed by atoms with Gasteiger partial charge in [0.05, 0.1) is 0 Å². The van der Waals surface area contributed by atoms with Gasteiger partial charge in [0.1, 0.15) is 16.7 Å². The average molecular weight is 298 g/mol. The van der Waals surface area contributed by atoms with Crippen molar-refractivity contribution in [1.82, 2.24) is 9.97 Å². The second-order valence-electron chi connectivity index (χ2n) is 3.61. The number of aromatic nitrogens is 2. The first-order valence-corrected chi connectivity index (χ1v) is 6.73. The van der Waals surface area contributed by atoms with Crippen LogP contribution in [-0.4, -0.2) is 16.0 Å². The lowest BCUT2D eigenvalue weighted by atomic mass is 10.1. The Morgan fingerprint density at radius 1 is 1.50 bits per heavy atom. The highest BCUT2D eigenvalue weighted by atomic mass is 79.9. The van der Waals surface area contributed by atoms with Gasteiger partial charge in [-0.3, -0.25) is 0 Å². The molecular formula is C11H12BrN3S. The van der Waals surface area contributed by atoms with Gasteiger partial charge in [-0.05, 0) is 51.7 Å². The molecule has 0 fully saturated rings. The summed E-state index contributed by atoms with van der Waals surface area (Å²) in [6, 6.07) is 4.39. The molecule has 0 amide bonds. The number of anilines is 1. The largest absolute Gasteiger partial charge is 0.367 e. The highest BCUT2D eigenvalue weighted by Crippen LogP contribution is 2.13. The van der Waals surface area contributed by atoms with Gasteiger partial charge in [0.15, 0.2) is 0 Å². The Labute approximate surface area is 107 Å². The molecule has 0 aliphatic carbocycles. The van der Waals surface area contributed by atoms with Crippen LogP contribution in [0, 0.1) is 0 Å². The zero-order valence-corrected chi connectivity index (χ0v) is 11.3. The van der Waals surface area contributed by atoms with Crippen LogP contribution in [0.15, 0.2) is 33.8 Å². The monoisotopic (exact) mass is 297 g/mol. The highest BCUT2D eigenvalue weighted by molar-refractivity contribution is 9.10. The third-order valence-corrected chi connectivity index (χ3v) is 3.32. The van der Waals surface area contributed by atoms with E-state index in [1.807, 2.05) is 6.07 Å². The van der Waals surface area contributed by atoms with E-state index in [0.717, 1.165) is 16.8 Å². The Bertz CT molecular complexity index is 444. The number of hydrogen-bond donors (Lipinski definition) is 1. The molecule has 2 aromatic rings. The van der Waals surface area contributed by atoms with Crippen molar-refractivity contribution in [2.75, 3.05) is 5.32 Å². The normalized spacial score (nSPS) is 12.4. The van der Waals surface area contributed by atoms with E-state index in [-0.39, 0.29) is 0 Å². The second kappa shape index (κ2) is 5.41. The van der Waals surface area contributed by atoms with Crippen LogP contribution >= 0.6 is 27.3 Å². The lowest BCUT2D eigenvalue weighted by Crippen LogP contribution is -2.18. The Kier molecular flexibility index (Phi) is 3.90. The Morgan fingerprint density at radius 3 is 3.06 bits per heavy atom. The quantitative estimate of drug-likeness (QED) is 0.880. The van der Waals surface area contributed by atoms with Crippen molar-refractivity contribution in [2.24, 2.45) is 0 Å². The summed E-state index contributed by atoms with van der Waals surface area (Å²) in [6.07, 6.45) is 2.55. The van der Waals surface area contributed by atoms with E-state index in [1.165, 1.54) is 5.56 Å². The summed E-state index contributed by atoms with van der Waals surface area (Å²) in [5, 5.41) is 7.62. The summed E-state index contributed by atoms with van der Waals surface area (Å²) >= 11 is 5.05. The van der Waals surface area contributed by atoms with Crippen molar-refractivity contribution in [1.29, 1.82) is 0 Å². The molecule has 0 aromatic carbocycles. The third-order valence-electron chi connectivity index (χ3n) is 2.15. The van der Waals surface area contributed by atoms with E-state index < -0.39 is 0 Å². The van der Waals surface area contributed by atoms with E-state index in [4.69, 9.17) is 0 Å². The van der Waals surface area contributed by atoms with Crippen LogP contribution in [0.5, 0.6) is 0 Å². The number of nitrogens with zero attached hydrogens (tertiary/aromatic N) is 2. The van der Waals surface area contributed by atoms with Gasteiger partial charge in [-0.2, -0.15) is 11.3 Å². The minimum absolute atomic E-state index is 0.358. The van der Waals surface area contributed by atoms with E-state index in [2.05, 4.69) is 55.0 Å². The van der Waals surface area contributed by atoms with Crippen molar-refractivity contribution in [3.05, 3.63) is 39.4 Å². The van der Waals surface area contributed by atoms with Crippen molar-refractivity contribution in [3.8, 4) is 0 Å². The molecule has 5 heteroatoms. The van der Waals surface area contributed by atoms with Crippen LogP contribution in [0.3, 0.4) is 0 Å². The molecule has 1 atom stereocenters. The zero-order valence-electron chi connectivity index (χ0n) is 8.85. The van der Waals surface area contributed by atoms with Gasteiger partial charge in [0.2, 0.25) is 0 Å². The molecule has 0 bridgehead atoms. The van der Waals surface area contributed by atoms with E-state index >= 15 is 0 Å². The predicted molar refractivity (Wildman–Crippen MR) is 70.8 cm³/mol. The maximum Gasteiger partial charge on any atom is 0.130 e. The SMILES string of the molecule is CC(Cc1ccsc1)Nc1cc(Br)ncn1. The van der Waals surface area contributed by atoms with Gasteiger partial charge in [-0.25, -0.2) is 9.97 Å². The molecule has 1 unspecified atom stereocenters. The van der Waals surface area contributed by atoms with Crippen LogP contribution in [0.1, 0.15) is 12.5 Å². The highest BCUT2D eigenvalue weighted by Gasteiger charge is 2.05. The van der Waals surface area contributed by atoms with Gasteiger partial charge in [-0.1, -0.05) is 0 Å². The first kappa shape index (κ1) is 11.5. The average Bonchev–Trinajstić information content (AvgIpc) is 2.70. The summed E-state index contributed by atoms with van der Waals surface area (Å²) in [7, 11) is 0. The topological polar surface area (TPSA) is 37.8 Å². The Hall–Kier alpha value is -0.940. The first-order chi connectivity index (χ1) is 7.74. The summed E-state index contributed by atoms with van der Waals surface area (Å²) in [6.45, 7) is 2.15. The molecule has 3 nitrogen and oxygen atoms in total. The molecule has 0 aliphatic heterocycles. The number of hydrogen-bond acceptors (Lipinski definition) is 4. The fraction of sp³-hybridized carbons (Fsp3) is 0.273. The van der Waals surface area contributed by atoms with Crippen LogP contribution in [-0.2, 0) is 6.42 Å². The standard InChI is InChI=1S/C11H12BrN3S/c1-8(4-9-2-3-16-6-9)15-11-5-10(12)13-7-14-11/h2-3,5-8H,4H2,1H3,(H,13,14,15).